The van der Waals surface area contributed by atoms with Crippen molar-refractivity contribution >= 4 is 5.78 Å². The van der Waals surface area contributed by atoms with Crippen LogP contribution in [0.4, 0.5) is 0 Å². The fraction of sp³-hybridized carbons (Fsp3) is 0.611. The molecule has 1 aromatic rings. The minimum Gasteiger partial charge on any atom is -0.507 e. The standard InChI is InChI=1S/C18H24O3/c1-2-3-4-7-13-10-14(19)17-15(20)12-18(8-5-6-9-18)21-16(17)11-13/h10-11,19H,2-9,12H2,1H3. The third-order valence-corrected chi connectivity index (χ3v) is 4.81. The summed E-state index contributed by atoms with van der Waals surface area (Å²) in [4.78, 5) is 12.4. The van der Waals surface area contributed by atoms with E-state index in [4.69, 9.17) is 4.74 Å². The van der Waals surface area contributed by atoms with Crippen molar-refractivity contribution in [1.82, 2.24) is 0 Å². The fourth-order valence-electron chi connectivity index (χ4n) is 3.69. The average molecular weight is 288 g/mol. The van der Waals surface area contributed by atoms with Crippen molar-refractivity contribution in [2.45, 2.75) is 70.3 Å². The molecule has 0 aromatic heterocycles. The molecular weight excluding hydrogens is 264 g/mol. The van der Waals surface area contributed by atoms with E-state index in [1.807, 2.05) is 6.07 Å². The number of Topliss-reactive ketones (excluding diaryl/α,β-unsaturated/α-hetero) is 1. The summed E-state index contributed by atoms with van der Waals surface area (Å²) in [6.45, 7) is 2.18. The third-order valence-electron chi connectivity index (χ3n) is 4.81. The average Bonchev–Trinajstić information content (AvgIpc) is 2.85. The van der Waals surface area contributed by atoms with Crippen LogP contribution in [0.5, 0.6) is 11.5 Å². The van der Waals surface area contributed by atoms with Crippen molar-refractivity contribution in [3.8, 4) is 11.5 Å². The lowest BCUT2D eigenvalue weighted by molar-refractivity contribution is 0.0444. The number of hydrogen-bond acceptors (Lipinski definition) is 3. The van der Waals surface area contributed by atoms with Crippen LogP contribution in [0.3, 0.4) is 0 Å². The first-order chi connectivity index (χ1) is 10.1. The Kier molecular flexibility index (Phi) is 3.92. The van der Waals surface area contributed by atoms with E-state index in [0.717, 1.165) is 44.1 Å². The molecule has 1 saturated carbocycles. The van der Waals surface area contributed by atoms with Crippen molar-refractivity contribution < 1.29 is 14.6 Å². The number of phenols is 1. The number of unbranched alkanes of at least 4 members (excludes halogenated alkanes) is 2. The predicted molar refractivity (Wildman–Crippen MR) is 82.1 cm³/mol. The van der Waals surface area contributed by atoms with Crippen molar-refractivity contribution in [2.75, 3.05) is 0 Å². The molecule has 21 heavy (non-hydrogen) atoms. The Labute approximate surface area is 126 Å². The normalized spacial score (nSPS) is 19.6. The molecule has 3 heteroatoms. The summed E-state index contributed by atoms with van der Waals surface area (Å²) in [5, 5.41) is 10.2. The van der Waals surface area contributed by atoms with E-state index in [1.165, 1.54) is 12.8 Å². The van der Waals surface area contributed by atoms with Crippen LogP contribution in [0.1, 0.15) is 74.2 Å². The second kappa shape index (κ2) is 5.70. The molecule has 0 unspecified atom stereocenters. The van der Waals surface area contributed by atoms with Gasteiger partial charge in [0.25, 0.3) is 0 Å². The zero-order chi connectivity index (χ0) is 14.9. The van der Waals surface area contributed by atoms with Gasteiger partial charge < -0.3 is 9.84 Å². The minimum atomic E-state index is -0.293. The molecule has 1 fully saturated rings. The fourth-order valence-corrected chi connectivity index (χ4v) is 3.69. The maximum atomic E-state index is 12.4. The van der Waals surface area contributed by atoms with Gasteiger partial charge in [-0.25, -0.2) is 0 Å². The summed E-state index contributed by atoms with van der Waals surface area (Å²) in [5.74, 6) is 0.743. The van der Waals surface area contributed by atoms with Crippen LogP contribution < -0.4 is 4.74 Å². The van der Waals surface area contributed by atoms with E-state index in [9.17, 15) is 9.90 Å². The van der Waals surface area contributed by atoms with Crippen molar-refractivity contribution in [3.05, 3.63) is 23.3 Å². The zero-order valence-corrected chi connectivity index (χ0v) is 12.8. The number of benzene rings is 1. The number of ether oxygens (including phenoxy) is 1. The van der Waals surface area contributed by atoms with Gasteiger partial charge in [-0.2, -0.15) is 0 Å². The quantitative estimate of drug-likeness (QED) is 0.835. The van der Waals surface area contributed by atoms with Crippen LogP contribution in [-0.4, -0.2) is 16.5 Å². The molecule has 1 N–H and O–H groups in total. The minimum absolute atomic E-state index is 0.0377. The van der Waals surface area contributed by atoms with Crippen LogP contribution in [-0.2, 0) is 6.42 Å². The maximum Gasteiger partial charge on any atom is 0.174 e. The summed E-state index contributed by atoms with van der Waals surface area (Å²) in [7, 11) is 0. The first-order valence-electron chi connectivity index (χ1n) is 8.22. The molecule has 2 aliphatic rings. The summed E-state index contributed by atoms with van der Waals surface area (Å²) in [6, 6.07) is 3.71. The molecule has 0 bridgehead atoms. The molecule has 1 aliphatic carbocycles. The topological polar surface area (TPSA) is 46.5 Å². The Hall–Kier alpha value is -1.51. The molecule has 1 aliphatic heterocycles. The van der Waals surface area contributed by atoms with Crippen molar-refractivity contribution in [3.63, 3.8) is 0 Å². The number of rotatable bonds is 4. The maximum absolute atomic E-state index is 12.4. The van der Waals surface area contributed by atoms with Crippen LogP contribution in [0.25, 0.3) is 0 Å². The predicted octanol–water partition coefficient (Wildman–Crippen LogP) is 4.40. The van der Waals surface area contributed by atoms with Gasteiger partial charge in [-0.3, -0.25) is 4.79 Å². The van der Waals surface area contributed by atoms with Gasteiger partial charge in [-0.15, -0.1) is 0 Å². The second-order valence-corrected chi connectivity index (χ2v) is 6.54. The largest absolute Gasteiger partial charge is 0.507 e. The molecular formula is C18H24O3. The van der Waals surface area contributed by atoms with Crippen LogP contribution in [0.15, 0.2) is 12.1 Å². The summed E-state index contributed by atoms with van der Waals surface area (Å²) >= 11 is 0. The van der Waals surface area contributed by atoms with E-state index in [-0.39, 0.29) is 17.1 Å². The number of carbonyl (C=O) groups excluding carboxylic acids is 1. The van der Waals surface area contributed by atoms with E-state index in [1.54, 1.807) is 6.07 Å². The Morgan fingerprint density at radius 2 is 2.00 bits per heavy atom. The second-order valence-electron chi connectivity index (χ2n) is 6.54. The van der Waals surface area contributed by atoms with Gasteiger partial charge in [0.15, 0.2) is 5.78 Å². The number of ketones is 1. The van der Waals surface area contributed by atoms with Crippen LogP contribution in [0, 0.1) is 0 Å². The number of fused-ring (bicyclic) bond motifs is 1. The zero-order valence-electron chi connectivity index (χ0n) is 12.8. The lowest BCUT2D eigenvalue weighted by Crippen LogP contribution is -2.39. The first-order valence-corrected chi connectivity index (χ1v) is 8.22. The summed E-state index contributed by atoms with van der Waals surface area (Å²) in [6.07, 6.45) is 8.99. The number of aromatic hydroxyl groups is 1. The van der Waals surface area contributed by atoms with Gasteiger partial charge in [0.2, 0.25) is 0 Å². The molecule has 114 valence electrons. The van der Waals surface area contributed by atoms with Gasteiger partial charge in [-0.05, 0) is 56.2 Å². The lowest BCUT2D eigenvalue weighted by Gasteiger charge is -2.35. The van der Waals surface area contributed by atoms with Gasteiger partial charge in [0.1, 0.15) is 22.7 Å². The molecule has 3 rings (SSSR count). The van der Waals surface area contributed by atoms with E-state index in [0.29, 0.717) is 17.7 Å². The molecule has 0 amide bonds. The molecule has 0 saturated heterocycles. The van der Waals surface area contributed by atoms with E-state index in [2.05, 4.69) is 6.92 Å². The Morgan fingerprint density at radius 1 is 1.24 bits per heavy atom. The van der Waals surface area contributed by atoms with E-state index >= 15 is 0 Å². The first kappa shape index (κ1) is 14.4. The van der Waals surface area contributed by atoms with Gasteiger partial charge in [0.05, 0.1) is 6.42 Å². The SMILES string of the molecule is CCCCCc1cc(O)c2c(c1)OC1(CCCC1)CC2=O. The number of hydrogen-bond donors (Lipinski definition) is 1. The highest BCUT2D eigenvalue weighted by molar-refractivity contribution is 6.03. The molecule has 0 atom stereocenters. The summed E-state index contributed by atoms with van der Waals surface area (Å²) < 4.78 is 6.20. The molecule has 3 nitrogen and oxygen atoms in total. The number of phenolic OH excluding ortho intramolecular Hbond substituents is 1. The molecule has 1 heterocycles. The highest BCUT2D eigenvalue weighted by Crippen LogP contribution is 2.45. The smallest absolute Gasteiger partial charge is 0.174 e. The third kappa shape index (κ3) is 2.78. The number of aryl methyl sites for hydroxylation is 1. The summed E-state index contributed by atoms with van der Waals surface area (Å²) in [5.41, 5.74) is 1.17. The highest BCUT2D eigenvalue weighted by Gasteiger charge is 2.43. The van der Waals surface area contributed by atoms with Crippen LogP contribution in [0.2, 0.25) is 0 Å². The molecule has 1 spiro atoms. The molecule has 1 aromatic carbocycles. The van der Waals surface area contributed by atoms with Crippen molar-refractivity contribution in [2.24, 2.45) is 0 Å². The Balaban J connectivity index is 1.88. The number of carbonyl (C=O) groups is 1. The monoisotopic (exact) mass is 288 g/mol. The highest BCUT2D eigenvalue weighted by atomic mass is 16.5. The van der Waals surface area contributed by atoms with Gasteiger partial charge in [-0.1, -0.05) is 19.8 Å². The van der Waals surface area contributed by atoms with Gasteiger partial charge >= 0.3 is 0 Å². The molecule has 0 radical (unpaired) electrons. The Morgan fingerprint density at radius 3 is 2.71 bits per heavy atom. The Bertz CT molecular complexity index is 542. The van der Waals surface area contributed by atoms with E-state index < -0.39 is 0 Å². The lowest BCUT2D eigenvalue weighted by atomic mass is 9.87. The van der Waals surface area contributed by atoms with Crippen LogP contribution >= 0.6 is 0 Å². The van der Waals surface area contributed by atoms with Gasteiger partial charge in [0, 0.05) is 0 Å². The van der Waals surface area contributed by atoms with Crippen molar-refractivity contribution in [1.29, 1.82) is 0 Å².